The molecule has 2 N–H and O–H groups in total. The van der Waals surface area contributed by atoms with Gasteiger partial charge < -0.3 is 10.6 Å². The average Bonchev–Trinajstić information content (AvgIpc) is 2.64. The highest BCUT2D eigenvalue weighted by molar-refractivity contribution is 5.96. The molecule has 0 spiro atoms. The highest BCUT2D eigenvalue weighted by Gasteiger charge is 2.25. The molecule has 0 radical (unpaired) electrons. The van der Waals surface area contributed by atoms with E-state index in [1.165, 1.54) is 0 Å². The molecule has 0 unspecified atom stereocenters. The Kier molecular flexibility index (Phi) is 5.34. The van der Waals surface area contributed by atoms with Crippen LogP contribution in [0.2, 0.25) is 0 Å². The summed E-state index contributed by atoms with van der Waals surface area (Å²) in [7, 11) is 1.83. The maximum absolute atomic E-state index is 12.6. The summed E-state index contributed by atoms with van der Waals surface area (Å²) < 4.78 is 1.92. The van der Waals surface area contributed by atoms with Gasteiger partial charge in [0.25, 0.3) is 5.91 Å². The Balaban J connectivity index is 2.97. The van der Waals surface area contributed by atoms with Crippen molar-refractivity contribution in [1.82, 2.24) is 14.7 Å². The highest BCUT2D eigenvalue weighted by Crippen LogP contribution is 2.19. The molecular formula is C15H28N4O. The van der Waals surface area contributed by atoms with Crippen LogP contribution in [0.1, 0.15) is 48.9 Å². The topological polar surface area (TPSA) is 64.2 Å². The summed E-state index contributed by atoms with van der Waals surface area (Å²) in [6.07, 6.45) is 1.01. The molecule has 1 rings (SSSR count). The molecule has 0 atom stereocenters. The molecule has 114 valence electrons. The highest BCUT2D eigenvalue weighted by atomic mass is 16.2. The summed E-state index contributed by atoms with van der Waals surface area (Å²) in [5, 5.41) is 4.46. The monoisotopic (exact) mass is 280 g/mol. The van der Waals surface area contributed by atoms with Gasteiger partial charge in [-0.1, -0.05) is 20.8 Å². The predicted octanol–water partition coefficient (Wildman–Crippen LogP) is 1.97. The summed E-state index contributed by atoms with van der Waals surface area (Å²) >= 11 is 0. The van der Waals surface area contributed by atoms with Crippen LogP contribution in [0.5, 0.6) is 0 Å². The van der Waals surface area contributed by atoms with Gasteiger partial charge in [-0.15, -0.1) is 0 Å². The standard InChI is InChI=1S/C15H28N4O/c1-7-8-19-12(3)13(11(2)17-19)14(20)18(6)10-15(4,5)9-16/h7-10,16H2,1-6H3. The molecule has 0 saturated heterocycles. The molecule has 0 saturated carbocycles. The van der Waals surface area contributed by atoms with Gasteiger partial charge in [0.15, 0.2) is 0 Å². The minimum absolute atomic E-state index is 0.0314. The van der Waals surface area contributed by atoms with Crippen molar-refractivity contribution in [3.8, 4) is 0 Å². The van der Waals surface area contributed by atoms with Crippen LogP contribution in [0.4, 0.5) is 0 Å². The largest absolute Gasteiger partial charge is 0.341 e. The molecular weight excluding hydrogens is 252 g/mol. The van der Waals surface area contributed by atoms with Crippen LogP contribution in [-0.2, 0) is 6.54 Å². The quantitative estimate of drug-likeness (QED) is 0.866. The molecule has 1 heterocycles. The summed E-state index contributed by atoms with van der Waals surface area (Å²) in [5.41, 5.74) is 8.15. The van der Waals surface area contributed by atoms with Gasteiger partial charge in [-0.2, -0.15) is 5.10 Å². The lowest BCUT2D eigenvalue weighted by molar-refractivity contribution is 0.0739. The molecule has 1 amide bonds. The molecule has 0 fully saturated rings. The van der Waals surface area contributed by atoms with Crippen molar-refractivity contribution >= 4 is 5.91 Å². The number of amides is 1. The van der Waals surface area contributed by atoms with Crippen molar-refractivity contribution in [1.29, 1.82) is 0 Å². The lowest BCUT2D eigenvalue weighted by Gasteiger charge is -2.29. The van der Waals surface area contributed by atoms with Crippen molar-refractivity contribution in [2.24, 2.45) is 11.1 Å². The van der Waals surface area contributed by atoms with Gasteiger partial charge in [-0.25, -0.2) is 0 Å². The third-order valence-corrected chi connectivity index (χ3v) is 3.60. The van der Waals surface area contributed by atoms with Crippen molar-refractivity contribution in [2.75, 3.05) is 20.1 Å². The van der Waals surface area contributed by atoms with E-state index < -0.39 is 0 Å². The second-order valence-electron chi connectivity index (χ2n) is 6.30. The summed E-state index contributed by atoms with van der Waals surface area (Å²) in [6, 6.07) is 0. The summed E-state index contributed by atoms with van der Waals surface area (Å²) in [5.74, 6) is 0.0314. The third-order valence-electron chi connectivity index (χ3n) is 3.60. The normalized spacial score (nSPS) is 11.8. The van der Waals surface area contributed by atoms with Crippen LogP contribution < -0.4 is 5.73 Å². The SMILES string of the molecule is CCCn1nc(C)c(C(=O)N(C)CC(C)(C)CN)c1C. The maximum atomic E-state index is 12.6. The molecule has 0 aliphatic carbocycles. The van der Waals surface area contributed by atoms with E-state index in [0.29, 0.717) is 13.1 Å². The second-order valence-corrected chi connectivity index (χ2v) is 6.30. The van der Waals surface area contributed by atoms with Gasteiger partial charge in [0, 0.05) is 25.8 Å². The lowest BCUT2D eigenvalue weighted by Crippen LogP contribution is -2.40. The third kappa shape index (κ3) is 3.60. The molecule has 1 aromatic rings. The zero-order chi connectivity index (χ0) is 15.5. The van der Waals surface area contributed by atoms with Gasteiger partial charge in [-0.3, -0.25) is 9.48 Å². The number of aryl methyl sites for hydroxylation is 2. The number of nitrogens with two attached hydrogens (primary N) is 1. The van der Waals surface area contributed by atoms with Crippen molar-refractivity contribution in [3.05, 3.63) is 17.0 Å². The molecule has 5 heteroatoms. The van der Waals surface area contributed by atoms with E-state index in [-0.39, 0.29) is 11.3 Å². The smallest absolute Gasteiger partial charge is 0.257 e. The minimum atomic E-state index is -0.0777. The molecule has 0 aliphatic rings. The molecule has 0 bridgehead atoms. The van der Waals surface area contributed by atoms with Crippen LogP contribution in [0, 0.1) is 19.3 Å². The first kappa shape index (κ1) is 16.7. The van der Waals surface area contributed by atoms with Gasteiger partial charge in [0.2, 0.25) is 0 Å². The van der Waals surface area contributed by atoms with Crippen LogP contribution in [0.25, 0.3) is 0 Å². The average molecular weight is 280 g/mol. The molecule has 20 heavy (non-hydrogen) atoms. The van der Waals surface area contributed by atoms with Crippen molar-refractivity contribution in [3.63, 3.8) is 0 Å². The first-order valence-electron chi connectivity index (χ1n) is 7.23. The maximum Gasteiger partial charge on any atom is 0.257 e. The lowest BCUT2D eigenvalue weighted by atomic mass is 9.93. The van der Waals surface area contributed by atoms with Crippen LogP contribution in [0.15, 0.2) is 0 Å². The van der Waals surface area contributed by atoms with Crippen molar-refractivity contribution in [2.45, 2.75) is 47.6 Å². The number of nitrogens with zero attached hydrogens (tertiary/aromatic N) is 3. The van der Waals surface area contributed by atoms with Gasteiger partial charge in [0.1, 0.15) is 0 Å². The Hall–Kier alpha value is -1.36. The van der Waals surface area contributed by atoms with Crippen LogP contribution in [-0.4, -0.2) is 40.7 Å². The van der Waals surface area contributed by atoms with E-state index >= 15 is 0 Å². The molecule has 1 aromatic heterocycles. The van der Waals surface area contributed by atoms with E-state index in [2.05, 4.69) is 25.9 Å². The fraction of sp³-hybridized carbons (Fsp3) is 0.733. The zero-order valence-corrected chi connectivity index (χ0v) is 13.7. The zero-order valence-electron chi connectivity index (χ0n) is 13.7. The van der Waals surface area contributed by atoms with Gasteiger partial charge in [0.05, 0.1) is 11.3 Å². The Labute approximate surface area is 122 Å². The summed E-state index contributed by atoms with van der Waals surface area (Å²) in [4.78, 5) is 14.4. The Bertz CT molecular complexity index is 476. The number of carbonyl (C=O) groups is 1. The van der Waals surface area contributed by atoms with E-state index in [9.17, 15) is 4.79 Å². The Morgan fingerprint density at radius 2 is 2.00 bits per heavy atom. The number of hydrogen-bond donors (Lipinski definition) is 1. The van der Waals surface area contributed by atoms with Crippen LogP contribution >= 0.6 is 0 Å². The van der Waals surface area contributed by atoms with Crippen molar-refractivity contribution < 1.29 is 4.79 Å². The molecule has 0 aromatic carbocycles. The van der Waals surface area contributed by atoms with E-state index in [1.807, 2.05) is 25.6 Å². The first-order valence-corrected chi connectivity index (χ1v) is 7.23. The number of aromatic nitrogens is 2. The fourth-order valence-corrected chi connectivity index (χ4v) is 2.41. The minimum Gasteiger partial charge on any atom is -0.341 e. The second kappa shape index (κ2) is 6.39. The summed E-state index contributed by atoms with van der Waals surface area (Å²) in [6.45, 7) is 12.1. The van der Waals surface area contributed by atoms with E-state index in [0.717, 1.165) is 29.9 Å². The van der Waals surface area contributed by atoms with Gasteiger partial charge in [-0.05, 0) is 32.2 Å². The van der Waals surface area contributed by atoms with Gasteiger partial charge >= 0.3 is 0 Å². The van der Waals surface area contributed by atoms with Crippen LogP contribution in [0.3, 0.4) is 0 Å². The Morgan fingerprint density at radius 1 is 1.40 bits per heavy atom. The first-order chi connectivity index (χ1) is 9.23. The molecule has 5 nitrogen and oxygen atoms in total. The van der Waals surface area contributed by atoms with E-state index in [1.54, 1.807) is 4.90 Å². The van der Waals surface area contributed by atoms with E-state index in [4.69, 9.17) is 5.73 Å². The predicted molar refractivity (Wildman–Crippen MR) is 81.8 cm³/mol. The Morgan fingerprint density at radius 3 is 2.50 bits per heavy atom. The number of rotatable bonds is 6. The molecule has 0 aliphatic heterocycles. The number of carbonyl (C=O) groups excluding carboxylic acids is 1. The fourth-order valence-electron chi connectivity index (χ4n) is 2.41. The number of hydrogen-bond acceptors (Lipinski definition) is 3.